The van der Waals surface area contributed by atoms with Gasteiger partial charge in [-0.2, -0.15) is 0 Å². The first kappa shape index (κ1) is 35.1. The molecule has 1 N–H and O–H groups in total. The molecule has 0 aliphatic carbocycles. The van der Waals surface area contributed by atoms with Gasteiger partial charge in [0.05, 0.1) is 11.0 Å². The Kier molecular flexibility index (Phi) is 11.6. The summed E-state index contributed by atoms with van der Waals surface area (Å²) >= 11 is 0. The highest BCUT2D eigenvalue weighted by atomic mass is 35.5. The summed E-state index contributed by atoms with van der Waals surface area (Å²) in [6.45, 7) is 21.3. The van der Waals surface area contributed by atoms with Gasteiger partial charge in [-0.05, 0) is 114 Å². The molecule has 2 aliphatic heterocycles. The van der Waals surface area contributed by atoms with E-state index in [9.17, 15) is 4.79 Å². The van der Waals surface area contributed by atoms with E-state index in [4.69, 9.17) is 4.74 Å². The Morgan fingerprint density at radius 2 is 1.20 bits per heavy atom. The van der Waals surface area contributed by atoms with Crippen molar-refractivity contribution in [3.05, 3.63) is 59.2 Å². The molecule has 6 rings (SSSR count). The molecule has 0 saturated carbocycles. The molecule has 0 spiro atoms. The summed E-state index contributed by atoms with van der Waals surface area (Å²) in [7, 11) is 0. The summed E-state index contributed by atoms with van der Waals surface area (Å²) in [5, 5.41) is 5.67. The van der Waals surface area contributed by atoms with Gasteiger partial charge in [0, 0.05) is 56.6 Å². The molecule has 0 atom stereocenters. The van der Waals surface area contributed by atoms with Gasteiger partial charge in [0.15, 0.2) is 0 Å². The summed E-state index contributed by atoms with van der Waals surface area (Å²) in [6, 6.07) is 8.65. The van der Waals surface area contributed by atoms with Gasteiger partial charge < -0.3 is 24.8 Å². The molecule has 2 aromatic carbocycles. The maximum Gasteiger partial charge on any atom is 0.410 e. The highest BCUT2D eigenvalue weighted by molar-refractivity contribution is 5.91. The molecule has 4 heterocycles. The monoisotopic (exact) mass is 648 g/mol. The Morgan fingerprint density at radius 1 is 0.674 bits per heavy atom. The van der Waals surface area contributed by atoms with Gasteiger partial charge in [-0.15, -0.1) is 12.4 Å². The third-order valence-corrected chi connectivity index (χ3v) is 8.55. The number of ether oxygens (including phenoxy) is 1. The van der Waals surface area contributed by atoms with Gasteiger partial charge in [0.1, 0.15) is 29.9 Å². The van der Waals surface area contributed by atoms with Crippen molar-refractivity contribution in [3.8, 4) is 0 Å². The maximum absolute atomic E-state index is 12.4. The average molecular weight is 649 g/mol. The normalized spacial score (nSPS) is 15.8. The van der Waals surface area contributed by atoms with Crippen LogP contribution in [0.4, 0.5) is 16.4 Å². The maximum atomic E-state index is 12.4. The van der Waals surface area contributed by atoms with Gasteiger partial charge in [0.2, 0.25) is 0 Å². The summed E-state index contributed by atoms with van der Waals surface area (Å²) in [4.78, 5) is 36.7. The molecule has 1 amide bonds. The Labute approximate surface area is 279 Å². The van der Waals surface area contributed by atoms with Crippen LogP contribution in [0.1, 0.15) is 55.9 Å². The van der Waals surface area contributed by atoms with E-state index in [0.717, 1.165) is 80.2 Å². The number of carbonyl (C=O) groups excluding carboxylic acids is 1. The number of fused-ring (bicyclic) bond motifs is 2. The lowest BCUT2D eigenvalue weighted by atomic mass is 10.1. The summed E-state index contributed by atoms with van der Waals surface area (Å²) in [6.07, 6.45) is 5.12. The van der Waals surface area contributed by atoms with Crippen molar-refractivity contribution in [2.24, 2.45) is 0 Å². The predicted octanol–water partition coefficient (Wildman–Crippen LogP) is 6.16. The lowest BCUT2D eigenvalue weighted by molar-refractivity contribution is 0.0263. The van der Waals surface area contributed by atoms with Gasteiger partial charge in [-0.1, -0.05) is 0 Å². The summed E-state index contributed by atoms with van der Waals surface area (Å²) in [5.41, 5.74) is 6.59. The molecule has 46 heavy (non-hydrogen) atoms. The Bertz CT molecular complexity index is 1650. The Hall–Kier alpha value is -3.76. The topological polar surface area (TPSA) is 99.6 Å². The van der Waals surface area contributed by atoms with Crippen molar-refractivity contribution >= 4 is 51.9 Å². The zero-order chi connectivity index (χ0) is 32.1. The molecule has 2 saturated heterocycles. The number of benzene rings is 2. The molecule has 2 aromatic heterocycles. The molecule has 0 radical (unpaired) electrons. The van der Waals surface area contributed by atoms with E-state index >= 15 is 0 Å². The molecule has 0 bridgehead atoms. The van der Waals surface area contributed by atoms with Crippen LogP contribution in [-0.4, -0.2) is 88.9 Å². The van der Waals surface area contributed by atoms with E-state index in [0.29, 0.717) is 13.1 Å². The van der Waals surface area contributed by atoms with Crippen LogP contribution in [0, 0.1) is 27.7 Å². The van der Waals surface area contributed by atoms with E-state index in [1.807, 2.05) is 20.8 Å². The zero-order valence-electron chi connectivity index (χ0n) is 28.4. The van der Waals surface area contributed by atoms with Crippen molar-refractivity contribution in [1.82, 2.24) is 30.2 Å². The van der Waals surface area contributed by atoms with Crippen molar-refractivity contribution in [1.29, 1.82) is 0 Å². The number of rotatable bonds is 2. The minimum absolute atomic E-state index is 0. The van der Waals surface area contributed by atoms with Gasteiger partial charge in [-0.25, -0.2) is 24.7 Å². The van der Waals surface area contributed by atoms with Crippen LogP contribution in [0.15, 0.2) is 36.9 Å². The minimum atomic E-state index is -0.471. The molecule has 4 aromatic rings. The van der Waals surface area contributed by atoms with Crippen molar-refractivity contribution in [3.63, 3.8) is 0 Å². The van der Waals surface area contributed by atoms with Crippen molar-refractivity contribution in [2.75, 3.05) is 62.2 Å². The average Bonchev–Trinajstić information content (AvgIpc) is 3.41. The van der Waals surface area contributed by atoms with Crippen LogP contribution < -0.4 is 15.1 Å². The third-order valence-electron chi connectivity index (χ3n) is 8.55. The molecule has 11 heteroatoms. The third kappa shape index (κ3) is 8.53. The lowest BCUT2D eigenvalue weighted by Gasteiger charge is -2.27. The number of hydrogen-bond acceptors (Lipinski definition) is 9. The second kappa shape index (κ2) is 15.2. The number of aromatic nitrogens is 4. The number of nitrogens with one attached hydrogen (secondary N) is 1. The minimum Gasteiger partial charge on any atom is -0.444 e. The van der Waals surface area contributed by atoms with Gasteiger partial charge in [0.25, 0.3) is 0 Å². The van der Waals surface area contributed by atoms with E-state index in [1.54, 1.807) is 17.6 Å². The number of nitrogens with zero attached hydrogens (tertiary/aromatic N) is 7. The number of aryl methyl sites for hydroxylation is 4. The van der Waals surface area contributed by atoms with E-state index in [1.165, 1.54) is 27.6 Å². The van der Waals surface area contributed by atoms with Crippen LogP contribution in [0.5, 0.6) is 0 Å². The number of anilines is 2. The predicted molar refractivity (Wildman–Crippen MR) is 190 cm³/mol. The second-order valence-corrected chi connectivity index (χ2v) is 13.2. The van der Waals surface area contributed by atoms with Crippen LogP contribution >= 0.6 is 12.4 Å². The fourth-order valence-corrected chi connectivity index (χ4v) is 5.80. The number of carbonyl (C=O) groups is 1. The lowest BCUT2D eigenvalue weighted by Crippen LogP contribution is -2.39. The first-order valence-corrected chi connectivity index (χ1v) is 16.1. The van der Waals surface area contributed by atoms with Crippen molar-refractivity contribution < 1.29 is 9.53 Å². The second-order valence-electron chi connectivity index (χ2n) is 13.2. The van der Waals surface area contributed by atoms with Crippen molar-refractivity contribution in [2.45, 2.75) is 66.9 Å². The summed E-state index contributed by atoms with van der Waals surface area (Å²) in [5.74, 6) is 2.03. The zero-order valence-corrected chi connectivity index (χ0v) is 29.2. The standard InChI is InChI=1S/C20H28N4O2.C15H20N4.ClH/c1-14-11-16-17(12-15(14)2)21-13-22-18(16)23-7-6-8-24(10-9-23)19(25)26-20(3,4)5;1-11-8-13-14(9-12(11)2)17-10-18-15(13)19-6-3-4-16-5-7-19;/h11-13H,6-10H2,1-5H3;8-10,16H,3-7H2,1-2H3;1H. The van der Waals surface area contributed by atoms with Gasteiger partial charge in [-0.3, -0.25) is 0 Å². The smallest absolute Gasteiger partial charge is 0.410 e. The van der Waals surface area contributed by atoms with Crippen LogP contribution in [0.25, 0.3) is 21.8 Å². The first-order valence-electron chi connectivity index (χ1n) is 16.1. The van der Waals surface area contributed by atoms with Crippen LogP contribution in [-0.2, 0) is 4.74 Å². The highest BCUT2D eigenvalue weighted by Gasteiger charge is 2.25. The Balaban J connectivity index is 0.000000213. The largest absolute Gasteiger partial charge is 0.444 e. The molecule has 2 fully saturated rings. The quantitative estimate of drug-likeness (QED) is 0.274. The molecule has 10 nitrogen and oxygen atoms in total. The molecular weight excluding hydrogens is 600 g/mol. The number of hydrogen-bond donors (Lipinski definition) is 1. The van der Waals surface area contributed by atoms with E-state index in [-0.39, 0.29) is 18.5 Å². The fourth-order valence-electron chi connectivity index (χ4n) is 5.80. The number of halogens is 1. The van der Waals surface area contributed by atoms with Crippen LogP contribution in [0.3, 0.4) is 0 Å². The highest BCUT2D eigenvalue weighted by Crippen LogP contribution is 2.28. The fraction of sp³-hybridized carbons (Fsp3) is 0.514. The molecular formula is C35H49ClN8O2. The SMILES string of the molecule is Cc1cc2ncnc(N3CCCN(C(=O)OC(C)(C)C)CC3)c2cc1C.Cc1cc2ncnc(N3CCCNCC3)c2cc1C.Cl. The van der Waals surface area contributed by atoms with E-state index < -0.39 is 5.60 Å². The molecule has 2 aliphatic rings. The molecule has 0 unspecified atom stereocenters. The van der Waals surface area contributed by atoms with Gasteiger partial charge >= 0.3 is 6.09 Å². The van der Waals surface area contributed by atoms with E-state index in [2.05, 4.69) is 87.0 Å². The molecule has 248 valence electrons. The Morgan fingerprint density at radius 3 is 1.76 bits per heavy atom. The van der Waals surface area contributed by atoms with Crippen LogP contribution in [0.2, 0.25) is 0 Å². The number of amides is 1. The first-order chi connectivity index (χ1) is 21.5. The summed E-state index contributed by atoms with van der Waals surface area (Å²) < 4.78 is 5.52.